The Labute approximate surface area is 127 Å². The van der Waals surface area contributed by atoms with Crippen LogP contribution < -0.4 is 10.4 Å². The van der Waals surface area contributed by atoms with Crippen LogP contribution in [-0.2, 0) is 0 Å². The van der Waals surface area contributed by atoms with Crippen LogP contribution in [0, 0.1) is 10.1 Å². The Balaban J connectivity index is 1.89. The van der Waals surface area contributed by atoms with Crippen LogP contribution in [0.4, 0.5) is 5.69 Å². The molecular weight excluding hydrogens is 304 g/mol. The lowest BCUT2D eigenvalue weighted by Crippen LogP contribution is -2.33. The number of rotatable bonds is 3. The fourth-order valence-electron chi connectivity index (χ4n) is 1.88. The zero-order valence-electron chi connectivity index (χ0n) is 11.4. The molecule has 2 aromatic carbocycles. The molecule has 0 saturated heterocycles. The number of nitrogens with zero attached hydrogens (tertiary/aromatic N) is 4. The molecule has 0 spiro atoms. The van der Waals surface area contributed by atoms with Gasteiger partial charge in [-0.15, -0.1) is 5.10 Å². The lowest BCUT2D eigenvalue weighted by Gasteiger charge is -2.04. The number of nitro groups is 1. The zero-order valence-corrected chi connectivity index (χ0v) is 11.4. The summed E-state index contributed by atoms with van der Waals surface area (Å²) in [5.41, 5.74) is -0.382. The van der Waals surface area contributed by atoms with Gasteiger partial charge in [-0.25, -0.2) is 4.79 Å². The molecule has 114 valence electrons. The number of benzene rings is 2. The van der Waals surface area contributed by atoms with Crippen LogP contribution in [0.5, 0.6) is 0 Å². The maximum atomic E-state index is 12.1. The number of hydrogen-bond donors (Lipinski definition) is 0. The molecule has 0 unspecified atom stereocenters. The second-order valence-electron chi connectivity index (χ2n) is 4.47. The monoisotopic (exact) mass is 312 g/mol. The van der Waals surface area contributed by atoms with E-state index in [0.717, 1.165) is 12.1 Å². The van der Waals surface area contributed by atoms with Crippen LogP contribution in [0.3, 0.4) is 0 Å². The molecule has 3 aromatic rings. The van der Waals surface area contributed by atoms with Gasteiger partial charge in [-0.1, -0.05) is 12.1 Å². The van der Waals surface area contributed by atoms with E-state index >= 15 is 0 Å². The predicted octanol–water partition coefficient (Wildman–Crippen LogP) is 0.969. The second kappa shape index (κ2) is 5.64. The molecule has 0 aliphatic heterocycles. The molecule has 0 saturated carbocycles. The van der Waals surface area contributed by atoms with Crippen molar-refractivity contribution in [3.05, 3.63) is 74.6 Å². The summed E-state index contributed by atoms with van der Waals surface area (Å²) in [6, 6.07) is 11.2. The van der Waals surface area contributed by atoms with Gasteiger partial charge in [0.05, 0.1) is 15.9 Å². The van der Waals surface area contributed by atoms with Gasteiger partial charge in [0, 0.05) is 12.1 Å². The number of carbonyl (C=O) groups excluding carboxylic acids is 1. The molecule has 0 aliphatic carbocycles. The van der Waals surface area contributed by atoms with Crippen LogP contribution >= 0.6 is 0 Å². The molecule has 9 nitrogen and oxygen atoms in total. The first-order chi connectivity index (χ1) is 11.1. The van der Waals surface area contributed by atoms with E-state index in [4.69, 9.17) is 4.84 Å². The summed E-state index contributed by atoms with van der Waals surface area (Å²) in [5, 5.41) is 18.1. The molecule has 0 bridgehead atoms. The third-order valence-corrected chi connectivity index (χ3v) is 3.03. The smallest absolute Gasteiger partial charge is 0.309 e. The van der Waals surface area contributed by atoms with E-state index in [0.29, 0.717) is 10.4 Å². The van der Waals surface area contributed by atoms with Crippen molar-refractivity contribution < 1.29 is 14.6 Å². The summed E-state index contributed by atoms with van der Waals surface area (Å²) in [5.74, 6) is -0.883. The van der Waals surface area contributed by atoms with Gasteiger partial charge in [0.2, 0.25) is 0 Å². The maximum Gasteiger partial charge on any atom is 0.365 e. The predicted molar refractivity (Wildman–Crippen MR) is 77.8 cm³/mol. The summed E-state index contributed by atoms with van der Waals surface area (Å²) in [7, 11) is 0. The Bertz CT molecular complexity index is 965. The van der Waals surface area contributed by atoms with Gasteiger partial charge in [0.15, 0.2) is 0 Å². The number of aromatic nitrogens is 3. The van der Waals surface area contributed by atoms with Crippen LogP contribution in [0.2, 0.25) is 0 Å². The van der Waals surface area contributed by atoms with Crippen LogP contribution in [0.15, 0.2) is 53.3 Å². The molecule has 0 N–H and O–H groups in total. The van der Waals surface area contributed by atoms with Gasteiger partial charge >= 0.3 is 11.5 Å². The summed E-state index contributed by atoms with van der Waals surface area (Å²) >= 11 is 0. The molecule has 0 radical (unpaired) electrons. The molecule has 1 aromatic heterocycles. The van der Waals surface area contributed by atoms with Crippen LogP contribution in [-0.4, -0.2) is 26.0 Å². The highest BCUT2D eigenvalue weighted by atomic mass is 16.7. The fraction of sp³-hybridized carbons (Fsp3) is 0. The highest BCUT2D eigenvalue weighted by Gasteiger charge is 2.14. The van der Waals surface area contributed by atoms with E-state index in [1.807, 2.05) is 0 Å². The molecule has 9 heteroatoms. The van der Waals surface area contributed by atoms with E-state index in [2.05, 4.69) is 10.3 Å². The topological polar surface area (TPSA) is 117 Å². The van der Waals surface area contributed by atoms with Crippen molar-refractivity contribution in [2.45, 2.75) is 0 Å². The van der Waals surface area contributed by atoms with Crippen molar-refractivity contribution in [1.29, 1.82) is 0 Å². The quantitative estimate of drug-likeness (QED) is 0.401. The van der Waals surface area contributed by atoms with Gasteiger partial charge in [-0.3, -0.25) is 14.9 Å². The van der Waals surface area contributed by atoms with Crippen molar-refractivity contribution in [1.82, 2.24) is 15.2 Å². The van der Waals surface area contributed by atoms with Crippen molar-refractivity contribution in [3.63, 3.8) is 0 Å². The molecule has 0 amide bonds. The minimum Gasteiger partial charge on any atom is -0.309 e. The number of carbonyl (C=O) groups is 1. The van der Waals surface area contributed by atoms with Crippen molar-refractivity contribution in [2.24, 2.45) is 0 Å². The lowest BCUT2D eigenvalue weighted by atomic mass is 10.2. The Morgan fingerprint density at radius 2 is 1.83 bits per heavy atom. The first-order valence-electron chi connectivity index (χ1n) is 6.38. The number of fused-ring (bicyclic) bond motifs is 1. The van der Waals surface area contributed by atoms with Crippen LogP contribution in [0.1, 0.15) is 10.4 Å². The SMILES string of the molecule is O=C(On1nnc2ccccc2c1=O)c1ccc([N+](=O)[O-])cc1. The minimum absolute atomic E-state index is 0.0393. The Morgan fingerprint density at radius 3 is 2.52 bits per heavy atom. The molecule has 23 heavy (non-hydrogen) atoms. The van der Waals surface area contributed by atoms with Crippen molar-refractivity contribution in [2.75, 3.05) is 0 Å². The first kappa shape index (κ1) is 14.3. The largest absolute Gasteiger partial charge is 0.365 e. The number of hydrogen-bond acceptors (Lipinski definition) is 7. The van der Waals surface area contributed by atoms with Gasteiger partial charge in [-0.2, -0.15) is 0 Å². The fourth-order valence-corrected chi connectivity index (χ4v) is 1.88. The number of non-ortho nitro benzene ring substituents is 1. The lowest BCUT2D eigenvalue weighted by molar-refractivity contribution is -0.384. The molecule has 0 aliphatic rings. The Kier molecular flexibility index (Phi) is 3.51. The first-order valence-corrected chi connectivity index (χ1v) is 6.38. The summed E-state index contributed by atoms with van der Waals surface area (Å²) in [6.07, 6.45) is 0. The molecular formula is C14H8N4O5. The van der Waals surface area contributed by atoms with Gasteiger partial charge < -0.3 is 4.84 Å². The average Bonchev–Trinajstić information content (AvgIpc) is 2.57. The maximum absolute atomic E-state index is 12.1. The summed E-state index contributed by atoms with van der Waals surface area (Å²) < 4.78 is 0. The number of nitro benzene ring substituents is 1. The molecule has 0 atom stereocenters. The van der Waals surface area contributed by atoms with Crippen LogP contribution in [0.25, 0.3) is 10.9 Å². The average molecular weight is 312 g/mol. The minimum atomic E-state index is -0.883. The highest BCUT2D eigenvalue weighted by molar-refractivity contribution is 5.89. The molecule has 3 rings (SSSR count). The van der Waals surface area contributed by atoms with Gasteiger partial charge in [-0.05, 0) is 34.3 Å². The van der Waals surface area contributed by atoms with Crippen molar-refractivity contribution >= 4 is 22.6 Å². The summed E-state index contributed by atoms with van der Waals surface area (Å²) in [6.45, 7) is 0. The second-order valence-corrected chi connectivity index (χ2v) is 4.47. The third-order valence-electron chi connectivity index (χ3n) is 3.03. The van der Waals surface area contributed by atoms with E-state index in [9.17, 15) is 19.7 Å². The van der Waals surface area contributed by atoms with E-state index in [1.165, 1.54) is 18.2 Å². The van der Waals surface area contributed by atoms with E-state index in [-0.39, 0.29) is 16.6 Å². The standard InChI is InChI=1S/C14H8N4O5/c19-13-11-3-1-2-4-12(11)15-16-17(13)23-14(20)9-5-7-10(8-6-9)18(21)22/h1-8H. The highest BCUT2D eigenvalue weighted by Crippen LogP contribution is 2.12. The Morgan fingerprint density at radius 1 is 1.13 bits per heavy atom. The van der Waals surface area contributed by atoms with E-state index < -0.39 is 16.5 Å². The third kappa shape index (κ3) is 2.75. The molecule has 0 fully saturated rings. The normalized spacial score (nSPS) is 10.4. The molecule has 1 heterocycles. The van der Waals surface area contributed by atoms with E-state index in [1.54, 1.807) is 18.2 Å². The zero-order chi connectivity index (χ0) is 16.4. The summed E-state index contributed by atoms with van der Waals surface area (Å²) in [4.78, 5) is 39.4. The van der Waals surface area contributed by atoms with Gasteiger partial charge in [0.1, 0.15) is 5.52 Å². The Hall–Kier alpha value is -3.62. The van der Waals surface area contributed by atoms with Crippen molar-refractivity contribution in [3.8, 4) is 0 Å². The van der Waals surface area contributed by atoms with Gasteiger partial charge in [0.25, 0.3) is 5.69 Å².